The standard InChI is InChI=1S/C16H24N2O5/c1-20-13-11-15(22-3)14(21-2)10-12(13)4-5-17-16(19)18-6-8-23-9-7-18/h10-11H,4-9H2,1-3H3,(H,17,19). The van der Waals surface area contributed by atoms with Crippen LogP contribution in [-0.2, 0) is 11.2 Å². The first kappa shape index (κ1) is 17.2. The van der Waals surface area contributed by atoms with Crippen LogP contribution >= 0.6 is 0 Å². The van der Waals surface area contributed by atoms with Gasteiger partial charge in [0.05, 0.1) is 34.5 Å². The summed E-state index contributed by atoms with van der Waals surface area (Å²) in [6, 6.07) is 3.60. The second kappa shape index (κ2) is 8.47. The van der Waals surface area contributed by atoms with E-state index in [4.69, 9.17) is 18.9 Å². The number of nitrogens with zero attached hydrogens (tertiary/aromatic N) is 1. The molecule has 1 heterocycles. The Balaban J connectivity index is 1.95. The predicted octanol–water partition coefficient (Wildman–Crippen LogP) is 1.30. The maximum absolute atomic E-state index is 12.0. The van der Waals surface area contributed by atoms with E-state index in [9.17, 15) is 4.79 Å². The Morgan fingerprint density at radius 1 is 1.09 bits per heavy atom. The first-order valence-corrected chi connectivity index (χ1v) is 7.59. The third-order valence-corrected chi connectivity index (χ3v) is 3.76. The predicted molar refractivity (Wildman–Crippen MR) is 85.6 cm³/mol. The molecule has 0 atom stereocenters. The number of carbonyl (C=O) groups is 1. The number of morpholine rings is 1. The minimum atomic E-state index is -0.0623. The molecule has 0 saturated carbocycles. The monoisotopic (exact) mass is 324 g/mol. The van der Waals surface area contributed by atoms with Crippen molar-refractivity contribution in [1.82, 2.24) is 10.2 Å². The molecule has 0 aromatic heterocycles. The largest absolute Gasteiger partial charge is 0.496 e. The Kier molecular flexibility index (Phi) is 6.34. The Bertz CT molecular complexity index is 529. The molecule has 0 radical (unpaired) electrons. The molecule has 2 amide bonds. The third-order valence-electron chi connectivity index (χ3n) is 3.76. The van der Waals surface area contributed by atoms with E-state index < -0.39 is 0 Å². The van der Waals surface area contributed by atoms with Gasteiger partial charge in [-0.25, -0.2) is 4.79 Å². The third kappa shape index (κ3) is 4.41. The smallest absolute Gasteiger partial charge is 0.317 e. The van der Waals surface area contributed by atoms with E-state index in [2.05, 4.69) is 5.32 Å². The SMILES string of the molecule is COc1cc(OC)c(OC)cc1CCNC(=O)N1CCOCC1. The summed E-state index contributed by atoms with van der Waals surface area (Å²) in [4.78, 5) is 13.8. The molecule has 1 aromatic carbocycles. The maximum Gasteiger partial charge on any atom is 0.317 e. The Morgan fingerprint density at radius 2 is 1.70 bits per heavy atom. The minimum Gasteiger partial charge on any atom is -0.496 e. The van der Waals surface area contributed by atoms with Crippen LogP contribution < -0.4 is 19.5 Å². The normalized spacial score (nSPS) is 14.3. The molecule has 1 aliphatic heterocycles. The summed E-state index contributed by atoms with van der Waals surface area (Å²) in [5.41, 5.74) is 0.951. The number of urea groups is 1. The van der Waals surface area contributed by atoms with Crippen LogP contribution in [0.25, 0.3) is 0 Å². The second-order valence-corrected chi connectivity index (χ2v) is 5.10. The first-order valence-electron chi connectivity index (χ1n) is 7.59. The van der Waals surface area contributed by atoms with Gasteiger partial charge in [0.1, 0.15) is 5.75 Å². The summed E-state index contributed by atoms with van der Waals surface area (Å²) in [5.74, 6) is 1.97. The fourth-order valence-electron chi connectivity index (χ4n) is 2.47. The average molecular weight is 324 g/mol. The number of methoxy groups -OCH3 is 3. The van der Waals surface area contributed by atoms with Crippen LogP contribution in [0, 0.1) is 0 Å². The fourth-order valence-corrected chi connectivity index (χ4v) is 2.47. The van der Waals surface area contributed by atoms with Gasteiger partial charge in [-0.3, -0.25) is 0 Å². The Labute approximate surface area is 136 Å². The van der Waals surface area contributed by atoms with Crippen molar-refractivity contribution in [2.45, 2.75) is 6.42 Å². The van der Waals surface area contributed by atoms with Gasteiger partial charge in [-0.2, -0.15) is 0 Å². The van der Waals surface area contributed by atoms with Crippen LogP contribution in [0.4, 0.5) is 4.79 Å². The summed E-state index contributed by atoms with van der Waals surface area (Å²) in [6.07, 6.45) is 0.638. The number of nitrogens with one attached hydrogen (secondary N) is 1. The number of hydrogen-bond acceptors (Lipinski definition) is 5. The van der Waals surface area contributed by atoms with Crippen LogP contribution in [0.5, 0.6) is 17.2 Å². The minimum absolute atomic E-state index is 0.0623. The molecule has 23 heavy (non-hydrogen) atoms. The summed E-state index contributed by atoms with van der Waals surface area (Å²) in [6.45, 7) is 2.97. The van der Waals surface area contributed by atoms with Crippen molar-refractivity contribution in [3.63, 3.8) is 0 Å². The van der Waals surface area contributed by atoms with E-state index >= 15 is 0 Å². The molecule has 0 unspecified atom stereocenters. The molecule has 0 bridgehead atoms. The highest BCUT2D eigenvalue weighted by molar-refractivity contribution is 5.74. The highest BCUT2D eigenvalue weighted by Gasteiger charge is 2.17. The molecule has 0 aliphatic carbocycles. The molecular weight excluding hydrogens is 300 g/mol. The van der Waals surface area contributed by atoms with Gasteiger partial charge in [0, 0.05) is 25.7 Å². The molecule has 2 rings (SSSR count). The summed E-state index contributed by atoms with van der Waals surface area (Å²) >= 11 is 0. The molecule has 128 valence electrons. The van der Waals surface area contributed by atoms with E-state index in [0.29, 0.717) is 56.5 Å². The summed E-state index contributed by atoms with van der Waals surface area (Å²) in [5, 5.41) is 2.92. The van der Waals surface area contributed by atoms with Crippen molar-refractivity contribution in [3.05, 3.63) is 17.7 Å². The molecule has 7 nitrogen and oxygen atoms in total. The van der Waals surface area contributed by atoms with Gasteiger partial charge in [-0.05, 0) is 18.1 Å². The van der Waals surface area contributed by atoms with Gasteiger partial charge in [0.25, 0.3) is 0 Å². The lowest BCUT2D eigenvalue weighted by Crippen LogP contribution is -2.46. The Hall–Kier alpha value is -2.15. The highest BCUT2D eigenvalue weighted by Crippen LogP contribution is 2.34. The van der Waals surface area contributed by atoms with Gasteiger partial charge in [-0.15, -0.1) is 0 Å². The van der Waals surface area contributed by atoms with E-state index in [-0.39, 0.29) is 6.03 Å². The number of hydrogen-bond donors (Lipinski definition) is 1. The number of benzene rings is 1. The van der Waals surface area contributed by atoms with Gasteiger partial charge in [0.15, 0.2) is 11.5 Å². The van der Waals surface area contributed by atoms with Crippen LogP contribution in [0.2, 0.25) is 0 Å². The number of carbonyl (C=O) groups excluding carboxylic acids is 1. The number of amides is 2. The summed E-state index contributed by atoms with van der Waals surface area (Å²) in [7, 11) is 4.78. The molecule has 1 aromatic rings. The highest BCUT2D eigenvalue weighted by atomic mass is 16.5. The van der Waals surface area contributed by atoms with E-state index in [0.717, 1.165) is 5.56 Å². The van der Waals surface area contributed by atoms with Gasteiger partial charge >= 0.3 is 6.03 Å². The number of ether oxygens (including phenoxy) is 4. The lowest BCUT2D eigenvalue weighted by molar-refractivity contribution is 0.0533. The molecule has 1 saturated heterocycles. The zero-order valence-electron chi connectivity index (χ0n) is 13.9. The summed E-state index contributed by atoms with van der Waals surface area (Å²) < 4.78 is 21.2. The van der Waals surface area contributed by atoms with Crippen LogP contribution in [0.3, 0.4) is 0 Å². The van der Waals surface area contributed by atoms with Crippen LogP contribution in [0.15, 0.2) is 12.1 Å². The zero-order valence-corrected chi connectivity index (χ0v) is 13.9. The van der Waals surface area contributed by atoms with Crippen molar-refractivity contribution >= 4 is 6.03 Å². The van der Waals surface area contributed by atoms with Gasteiger partial charge in [-0.1, -0.05) is 0 Å². The van der Waals surface area contributed by atoms with Crippen molar-refractivity contribution in [2.75, 3.05) is 54.2 Å². The zero-order chi connectivity index (χ0) is 16.7. The Morgan fingerprint density at radius 3 is 2.30 bits per heavy atom. The van der Waals surface area contributed by atoms with Crippen molar-refractivity contribution in [2.24, 2.45) is 0 Å². The fraction of sp³-hybridized carbons (Fsp3) is 0.562. The van der Waals surface area contributed by atoms with Gasteiger partial charge in [0.2, 0.25) is 0 Å². The lowest BCUT2D eigenvalue weighted by Gasteiger charge is -2.27. The molecule has 1 N–H and O–H groups in total. The number of rotatable bonds is 6. The first-order chi connectivity index (χ1) is 11.2. The molecule has 1 aliphatic rings. The molecule has 1 fully saturated rings. The molecule has 0 spiro atoms. The van der Waals surface area contributed by atoms with Crippen molar-refractivity contribution < 1.29 is 23.7 Å². The van der Waals surface area contributed by atoms with E-state index in [1.165, 1.54) is 0 Å². The van der Waals surface area contributed by atoms with Crippen LogP contribution in [-0.4, -0.2) is 65.1 Å². The van der Waals surface area contributed by atoms with Crippen molar-refractivity contribution in [3.8, 4) is 17.2 Å². The lowest BCUT2D eigenvalue weighted by atomic mass is 10.1. The average Bonchev–Trinajstić information content (AvgIpc) is 2.61. The van der Waals surface area contributed by atoms with E-state index in [1.807, 2.05) is 6.07 Å². The van der Waals surface area contributed by atoms with Crippen molar-refractivity contribution in [1.29, 1.82) is 0 Å². The van der Waals surface area contributed by atoms with Crippen LogP contribution in [0.1, 0.15) is 5.56 Å². The maximum atomic E-state index is 12.0. The second-order valence-electron chi connectivity index (χ2n) is 5.10. The van der Waals surface area contributed by atoms with E-state index in [1.54, 1.807) is 32.3 Å². The van der Waals surface area contributed by atoms with Gasteiger partial charge < -0.3 is 29.2 Å². The quantitative estimate of drug-likeness (QED) is 0.854. The molecular formula is C16H24N2O5. The molecule has 7 heteroatoms. The topological polar surface area (TPSA) is 69.3 Å².